The molecule has 0 aromatic heterocycles. The van der Waals surface area contributed by atoms with Crippen LogP contribution >= 0.6 is 0 Å². The number of nitrogens with one attached hydrogen (secondary N) is 2. The van der Waals surface area contributed by atoms with Crippen LogP contribution in [0.2, 0.25) is 0 Å². The number of hydrazone groups is 1. The molecule has 1 aliphatic carbocycles. The Hall–Kier alpha value is -2.41. The molecule has 0 spiro atoms. The van der Waals surface area contributed by atoms with Crippen LogP contribution in [0.25, 0.3) is 6.08 Å². The van der Waals surface area contributed by atoms with Gasteiger partial charge in [0.15, 0.2) is 9.84 Å². The van der Waals surface area contributed by atoms with Crippen molar-refractivity contribution in [3.63, 3.8) is 0 Å². The predicted molar refractivity (Wildman–Crippen MR) is 93.1 cm³/mol. The number of allylic oxidation sites excluding steroid dienone is 1. The zero-order valence-electron chi connectivity index (χ0n) is 13.1. The number of carbonyl (C=O) groups excluding carboxylic acids is 1. The minimum absolute atomic E-state index is 0.111. The first-order chi connectivity index (χ1) is 11.5. The van der Waals surface area contributed by atoms with E-state index in [1.807, 2.05) is 36.4 Å². The maximum absolute atomic E-state index is 12.2. The van der Waals surface area contributed by atoms with E-state index in [0.717, 1.165) is 11.3 Å². The lowest BCUT2D eigenvalue weighted by Crippen LogP contribution is -2.21. The fourth-order valence-electron chi connectivity index (χ4n) is 3.20. The summed E-state index contributed by atoms with van der Waals surface area (Å²) in [5, 5.41) is 6.94. The normalized spacial score (nSPS) is 28.0. The van der Waals surface area contributed by atoms with Crippen molar-refractivity contribution in [2.75, 3.05) is 11.1 Å². The van der Waals surface area contributed by atoms with E-state index in [1.165, 1.54) is 0 Å². The quantitative estimate of drug-likeness (QED) is 0.818. The van der Waals surface area contributed by atoms with Gasteiger partial charge in [0, 0.05) is 17.4 Å². The molecule has 2 heterocycles. The summed E-state index contributed by atoms with van der Waals surface area (Å²) in [6, 6.07) is 7.78. The van der Waals surface area contributed by atoms with Crippen LogP contribution in [-0.2, 0) is 14.6 Å². The highest BCUT2D eigenvalue weighted by Gasteiger charge is 2.52. The molecule has 0 bridgehead atoms. The van der Waals surface area contributed by atoms with Crippen molar-refractivity contribution in [1.82, 2.24) is 5.43 Å². The van der Waals surface area contributed by atoms with Gasteiger partial charge in [0.1, 0.15) is 0 Å². The van der Waals surface area contributed by atoms with Gasteiger partial charge in [-0.25, -0.2) is 13.8 Å². The minimum atomic E-state index is -3.11. The van der Waals surface area contributed by atoms with Gasteiger partial charge >= 0.3 is 0 Å². The van der Waals surface area contributed by atoms with Crippen LogP contribution in [0, 0.1) is 5.92 Å². The van der Waals surface area contributed by atoms with Gasteiger partial charge < -0.3 is 5.32 Å². The topological polar surface area (TPSA) is 87.6 Å². The monoisotopic (exact) mass is 343 g/mol. The van der Waals surface area contributed by atoms with Gasteiger partial charge in [0.2, 0.25) is 0 Å². The van der Waals surface area contributed by atoms with Crippen LogP contribution in [0.1, 0.15) is 18.9 Å². The first-order valence-corrected chi connectivity index (χ1v) is 9.61. The zero-order valence-corrected chi connectivity index (χ0v) is 13.9. The summed E-state index contributed by atoms with van der Waals surface area (Å²) in [6.07, 6.45) is 4.30. The molecule has 2 aliphatic heterocycles. The summed E-state index contributed by atoms with van der Waals surface area (Å²) in [5.41, 5.74) is 6.07. The van der Waals surface area contributed by atoms with Crippen LogP contribution in [0.3, 0.4) is 0 Å². The van der Waals surface area contributed by atoms with Crippen LogP contribution < -0.4 is 10.7 Å². The van der Waals surface area contributed by atoms with Crippen LogP contribution in [-0.4, -0.2) is 31.0 Å². The molecule has 7 heteroatoms. The van der Waals surface area contributed by atoms with Crippen molar-refractivity contribution < 1.29 is 13.2 Å². The molecule has 2 unspecified atom stereocenters. The number of sulfone groups is 1. The number of fused-ring (bicyclic) bond motifs is 1. The lowest BCUT2D eigenvalue weighted by molar-refractivity contribution is -0.116. The van der Waals surface area contributed by atoms with E-state index in [4.69, 9.17) is 0 Å². The van der Waals surface area contributed by atoms with Crippen molar-refractivity contribution in [2.45, 2.75) is 18.6 Å². The second-order valence-corrected chi connectivity index (χ2v) is 8.61. The molecule has 3 aliphatic rings. The number of carbonyl (C=O) groups is 1. The summed E-state index contributed by atoms with van der Waals surface area (Å²) >= 11 is 0. The Morgan fingerprint density at radius 2 is 2.04 bits per heavy atom. The third-order valence-electron chi connectivity index (χ3n) is 4.64. The van der Waals surface area contributed by atoms with Gasteiger partial charge in [0.05, 0.1) is 22.2 Å². The van der Waals surface area contributed by atoms with Gasteiger partial charge in [-0.2, -0.15) is 5.10 Å². The number of benzene rings is 1. The Bertz CT molecular complexity index is 928. The number of nitrogens with zero attached hydrogens (tertiary/aromatic N) is 1. The number of amides is 1. The third-order valence-corrected chi connectivity index (χ3v) is 6.89. The Morgan fingerprint density at radius 3 is 2.83 bits per heavy atom. The minimum Gasteiger partial charge on any atom is -0.354 e. The molecular formula is C17H17N3O3S. The average Bonchev–Trinajstić information content (AvgIpc) is 3.31. The maximum Gasteiger partial charge on any atom is 0.275 e. The predicted octanol–water partition coefficient (Wildman–Crippen LogP) is 1.69. The molecule has 2 atom stereocenters. The SMILES string of the molecule is CCS(=O)(=O)C1CC1C1=NNC(=O)/C1=C1/C=Cc2ccccc2N1. The van der Waals surface area contributed by atoms with Crippen LogP contribution in [0.15, 0.2) is 46.7 Å². The number of anilines is 1. The van der Waals surface area contributed by atoms with E-state index in [2.05, 4.69) is 15.8 Å². The Morgan fingerprint density at radius 1 is 1.25 bits per heavy atom. The van der Waals surface area contributed by atoms with Gasteiger partial charge in [-0.05, 0) is 24.1 Å². The fourth-order valence-corrected chi connectivity index (χ4v) is 4.76. The summed E-state index contributed by atoms with van der Waals surface area (Å²) < 4.78 is 24.1. The van der Waals surface area contributed by atoms with Gasteiger partial charge in [-0.1, -0.05) is 31.2 Å². The standard InChI is InChI=1S/C17H17N3O3S/c1-2-24(22,23)14-9-11(14)16-15(17(21)20-19-16)13-8-7-10-5-3-4-6-12(10)18-13/h3-8,11,14,18H,2,9H2,1H3,(H,20,21)/b15-13-. The highest BCUT2D eigenvalue weighted by Crippen LogP contribution is 2.42. The Kier molecular flexibility index (Phi) is 3.35. The summed E-state index contributed by atoms with van der Waals surface area (Å²) in [6.45, 7) is 1.65. The van der Waals surface area contributed by atoms with E-state index >= 15 is 0 Å². The zero-order chi connectivity index (χ0) is 16.9. The van der Waals surface area contributed by atoms with E-state index in [9.17, 15) is 13.2 Å². The average molecular weight is 343 g/mol. The lowest BCUT2D eigenvalue weighted by atomic mass is 10.0. The number of hydrogen-bond donors (Lipinski definition) is 2. The highest BCUT2D eigenvalue weighted by atomic mass is 32.2. The molecule has 1 aromatic carbocycles. The Labute approximate surface area is 140 Å². The second-order valence-electron chi connectivity index (χ2n) is 6.10. The highest BCUT2D eigenvalue weighted by molar-refractivity contribution is 7.92. The number of para-hydroxylation sites is 1. The van der Waals surface area contributed by atoms with Crippen LogP contribution in [0.4, 0.5) is 5.69 Å². The molecule has 2 N–H and O–H groups in total. The van der Waals surface area contributed by atoms with Crippen molar-refractivity contribution in [3.8, 4) is 0 Å². The molecule has 1 aromatic rings. The van der Waals surface area contributed by atoms with E-state index in [-0.39, 0.29) is 17.6 Å². The van der Waals surface area contributed by atoms with Crippen LogP contribution in [0.5, 0.6) is 0 Å². The van der Waals surface area contributed by atoms with Gasteiger partial charge in [-0.3, -0.25) is 4.79 Å². The Balaban J connectivity index is 1.68. The smallest absolute Gasteiger partial charge is 0.275 e. The lowest BCUT2D eigenvalue weighted by Gasteiger charge is -2.17. The molecule has 124 valence electrons. The number of rotatable bonds is 3. The second kappa shape index (κ2) is 5.31. The summed E-state index contributed by atoms with van der Waals surface area (Å²) in [5.74, 6) is -0.389. The molecule has 1 saturated carbocycles. The van der Waals surface area contributed by atoms with E-state index < -0.39 is 15.1 Å². The van der Waals surface area contributed by atoms with Gasteiger partial charge in [-0.15, -0.1) is 0 Å². The van der Waals surface area contributed by atoms with Crippen molar-refractivity contribution in [1.29, 1.82) is 0 Å². The first kappa shape index (κ1) is 15.1. The third kappa shape index (κ3) is 2.36. The summed E-state index contributed by atoms with van der Waals surface area (Å²) in [4.78, 5) is 12.2. The molecule has 0 saturated heterocycles. The molecular weight excluding hydrogens is 326 g/mol. The van der Waals surface area contributed by atoms with E-state index in [0.29, 0.717) is 23.4 Å². The van der Waals surface area contributed by atoms with Crippen molar-refractivity contribution in [2.24, 2.45) is 11.0 Å². The maximum atomic E-state index is 12.2. The molecule has 6 nitrogen and oxygen atoms in total. The summed E-state index contributed by atoms with van der Waals surface area (Å²) in [7, 11) is -3.11. The molecule has 24 heavy (non-hydrogen) atoms. The fraction of sp³-hybridized carbons (Fsp3) is 0.294. The molecule has 0 radical (unpaired) electrons. The molecule has 4 rings (SSSR count). The largest absolute Gasteiger partial charge is 0.354 e. The molecule has 1 fully saturated rings. The first-order valence-electron chi connectivity index (χ1n) is 7.89. The van der Waals surface area contributed by atoms with Gasteiger partial charge in [0.25, 0.3) is 5.91 Å². The van der Waals surface area contributed by atoms with E-state index in [1.54, 1.807) is 6.92 Å². The molecule has 1 amide bonds. The van der Waals surface area contributed by atoms with Crippen molar-refractivity contribution >= 4 is 33.2 Å². The number of hydrogen-bond acceptors (Lipinski definition) is 5. The van der Waals surface area contributed by atoms with Crippen molar-refractivity contribution in [3.05, 3.63) is 47.2 Å².